The van der Waals surface area contributed by atoms with E-state index in [1.54, 1.807) is 0 Å². The maximum atomic E-state index is 11.8. The summed E-state index contributed by atoms with van der Waals surface area (Å²) in [6.45, 7) is 11.9. The maximum Gasteiger partial charge on any atom is 0.305 e. The lowest BCUT2D eigenvalue weighted by Gasteiger charge is -2.26. The number of carbonyl (C=O) groups is 1. The molecule has 0 aromatic carbocycles. The van der Waals surface area contributed by atoms with Crippen molar-refractivity contribution in [2.75, 3.05) is 13.2 Å². The first-order valence-corrected chi connectivity index (χ1v) is 9.74. The van der Waals surface area contributed by atoms with E-state index >= 15 is 0 Å². The minimum absolute atomic E-state index is 0.0450. The molecule has 0 spiro atoms. The number of hydrogen-bond donors (Lipinski definition) is 0. The number of rotatable bonds is 15. The SMILES string of the molecule is CCCCCCCCC(=O)OCC(CCC)COC(C)(C)CC. The molecule has 0 aliphatic heterocycles. The average molecular weight is 329 g/mol. The normalized spacial score (nSPS) is 13.1. The minimum Gasteiger partial charge on any atom is -0.465 e. The average Bonchev–Trinajstić information content (AvgIpc) is 2.53. The van der Waals surface area contributed by atoms with Crippen LogP contribution in [0.1, 0.15) is 98.8 Å². The third kappa shape index (κ3) is 13.6. The Hall–Kier alpha value is -0.570. The van der Waals surface area contributed by atoms with Gasteiger partial charge in [-0.15, -0.1) is 0 Å². The van der Waals surface area contributed by atoms with Gasteiger partial charge in [0.2, 0.25) is 0 Å². The zero-order valence-corrected chi connectivity index (χ0v) is 16.3. The molecule has 0 saturated heterocycles. The molecular weight excluding hydrogens is 288 g/mol. The molecule has 0 bridgehead atoms. The molecule has 0 amide bonds. The van der Waals surface area contributed by atoms with E-state index in [0.717, 1.165) is 32.1 Å². The second-order valence-corrected chi connectivity index (χ2v) is 7.28. The first-order valence-electron chi connectivity index (χ1n) is 9.74. The van der Waals surface area contributed by atoms with Crippen molar-refractivity contribution in [3.8, 4) is 0 Å². The van der Waals surface area contributed by atoms with Gasteiger partial charge in [-0.1, -0.05) is 59.3 Å². The van der Waals surface area contributed by atoms with Gasteiger partial charge in [0.25, 0.3) is 0 Å². The lowest BCUT2D eigenvalue weighted by molar-refractivity contribution is -0.146. The van der Waals surface area contributed by atoms with Gasteiger partial charge in [-0.3, -0.25) is 4.79 Å². The van der Waals surface area contributed by atoms with E-state index in [-0.39, 0.29) is 11.6 Å². The maximum absolute atomic E-state index is 11.8. The molecule has 0 radical (unpaired) electrons. The van der Waals surface area contributed by atoms with E-state index in [2.05, 4.69) is 34.6 Å². The molecule has 0 aromatic rings. The molecule has 3 nitrogen and oxygen atoms in total. The van der Waals surface area contributed by atoms with Gasteiger partial charge in [0.1, 0.15) is 0 Å². The third-order valence-corrected chi connectivity index (χ3v) is 4.47. The highest BCUT2D eigenvalue weighted by Gasteiger charge is 2.19. The van der Waals surface area contributed by atoms with Crippen LogP contribution in [0.4, 0.5) is 0 Å². The number of esters is 1. The number of unbranched alkanes of at least 4 members (excludes halogenated alkanes) is 5. The van der Waals surface area contributed by atoms with Crippen molar-refractivity contribution >= 4 is 5.97 Å². The van der Waals surface area contributed by atoms with Crippen LogP contribution in [0.3, 0.4) is 0 Å². The third-order valence-electron chi connectivity index (χ3n) is 4.47. The smallest absolute Gasteiger partial charge is 0.305 e. The molecule has 0 fully saturated rings. The zero-order chi connectivity index (χ0) is 17.6. The van der Waals surface area contributed by atoms with Gasteiger partial charge in [-0.2, -0.15) is 0 Å². The molecule has 0 saturated carbocycles. The van der Waals surface area contributed by atoms with E-state index in [1.807, 2.05) is 0 Å². The first-order chi connectivity index (χ1) is 10.9. The summed E-state index contributed by atoms with van der Waals surface area (Å²) in [7, 11) is 0. The van der Waals surface area contributed by atoms with Gasteiger partial charge >= 0.3 is 5.97 Å². The zero-order valence-electron chi connectivity index (χ0n) is 16.3. The second kappa shape index (κ2) is 13.8. The molecule has 1 atom stereocenters. The largest absolute Gasteiger partial charge is 0.465 e. The molecule has 0 aliphatic carbocycles. The summed E-state index contributed by atoms with van der Waals surface area (Å²) in [5, 5.41) is 0. The Kier molecular flexibility index (Phi) is 13.5. The van der Waals surface area contributed by atoms with E-state index in [4.69, 9.17) is 9.47 Å². The lowest BCUT2D eigenvalue weighted by atomic mass is 10.0. The minimum atomic E-state index is -0.0888. The molecule has 3 heteroatoms. The molecular formula is C20H40O3. The highest BCUT2D eigenvalue weighted by molar-refractivity contribution is 5.69. The fourth-order valence-electron chi connectivity index (χ4n) is 2.40. The van der Waals surface area contributed by atoms with Gasteiger partial charge < -0.3 is 9.47 Å². The Bertz CT molecular complexity index is 287. The summed E-state index contributed by atoms with van der Waals surface area (Å²) in [5.41, 5.74) is -0.0888. The van der Waals surface area contributed by atoms with Gasteiger partial charge in [-0.25, -0.2) is 0 Å². The van der Waals surface area contributed by atoms with Crippen LogP contribution in [0.15, 0.2) is 0 Å². The van der Waals surface area contributed by atoms with Gasteiger partial charge in [0.05, 0.1) is 18.8 Å². The fraction of sp³-hybridized carbons (Fsp3) is 0.950. The van der Waals surface area contributed by atoms with Gasteiger partial charge in [0, 0.05) is 12.3 Å². The van der Waals surface area contributed by atoms with Crippen molar-refractivity contribution in [1.29, 1.82) is 0 Å². The Morgan fingerprint density at radius 1 is 0.913 bits per heavy atom. The van der Waals surface area contributed by atoms with Crippen molar-refractivity contribution in [1.82, 2.24) is 0 Å². The molecule has 138 valence electrons. The molecule has 0 aromatic heterocycles. The van der Waals surface area contributed by atoms with E-state index in [9.17, 15) is 4.79 Å². The number of carbonyl (C=O) groups excluding carboxylic acids is 1. The topological polar surface area (TPSA) is 35.5 Å². The summed E-state index contributed by atoms with van der Waals surface area (Å²) >= 11 is 0. The Labute approximate surface area is 144 Å². The van der Waals surface area contributed by atoms with Crippen LogP contribution < -0.4 is 0 Å². The van der Waals surface area contributed by atoms with Crippen LogP contribution in [0.25, 0.3) is 0 Å². The van der Waals surface area contributed by atoms with Crippen LogP contribution in [0, 0.1) is 5.92 Å². The molecule has 0 rings (SSSR count). The van der Waals surface area contributed by atoms with Crippen molar-refractivity contribution in [2.24, 2.45) is 5.92 Å². The van der Waals surface area contributed by atoms with Crippen molar-refractivity contribution in [3.05, 3.63) is 0 Å². The molecule has 23 heavy (non-hydrogen) atoms. The monoisotopic (exact) mass is 328 g/mol. The fourth-order valence-corrected chi connectivity index (χ4v) is 2.40. The van der Waals surface area contributed by atoms with Crippen LogP contribution >= 0.6 is 0 Å². The quantitative estimate of drug-likeness (QED) is 0.277. The van der Waals surface area contributed by atoms with E-state index in [1.165, 1.54) is 25.7 Å². The highest BCUT2D eigenvalue weighted by atomic mass is 16.5. The van der Waals surface area contributed by atoms with Gasteiger partial charge in [0.15, 0.2) is 0 Å². The van der Waals surface area contributed by atoms with Crippen LogP contribution in [0.2, 0.25) is 0 Å². The summed E-state index contributed by atoms with van der Waals surface area (Å²) in [4.78, 5) is 11.8. The van der Waals surface area contributed by atoms with Crippen LogP contribution in [-0.2, 0) is 14.3 Å². The lowest BCUT2D eigenvalue weighted by Crippen LogP contribution is -2.28. The van der Waals surface area contributed by atoms with E-state index in [0.29, 0.717) is 25.6 Å². The first kappa shape index (κ1) is 22.4. The number of hydrogen-bond acceptors (Lipinski definition) is 3. The second-order valence-electron chi connectivity index (χ2n) is 7.28. The Balaban J connectivity index is 3.86. The van der Waals surface area contributed by atoms with Crippen LogP contribution in [-0.4, -0.2) is 24.8 Å². The molecule has 0 heterocycles. The summed E-state index contributed by atoms with van der Waals surface area (Å²) in [5.74, 6) is 0.274. The molecule has 0 N–H and O–H groups in total. The Morgan fingerprint density at radius 3 is 2.17 bits per heavy atom. The Morgan fingerprint density at radius 2 is 1.57 bits per heavy atom. The highest BCUT2D eigenvalue weighted by Crippen LogP contribution is 2.18. The molecule has 0 aliphatic rings. The predicted octanol–water partition coefficient (Wildman–Crippen LogP) is 5.90. The molecule has 1 unspecified atom stereocenters. The van der Waals surface area contributed by atoms with Crippen molar-refractivity contribution in [2.45, 2.75) is 104 Å². The summed E-state index contributed by atoms with van der Waals surface area (Å²) < 4.78 is 11.4. The van der Waals surface area contributed by atoms with Crippen molar-refractivity contribution in [3.63, 3.8) is 0 Å². The summed E-state index contributed by atoms with van der Waals surface area (Å²) in [6.07, 6.45) is 10.9. The van der Waals surface area contributed by atoms with Crippen molar-refractivity contribution < 1.29 is 14.3 Å². The standard InChI is InChI=1S/C20H40O3/c1-6-9-10-11-12-13-15-19(21)22-16-18(14-7-2)17-23-20(4,5)8-3/h18H,6-17H2,1-5H3. The number of ether oxygens (including phenoxy) is 2. The van der Waals surface area contributed by atoms with E-state index < -0.39 is 0 Å². The van der Waals surface area contributed by atoms with Crippen LogP contribution in [0.5, 0.6) is 0 Å². The predicted molar refractivity (Wildman–Crippen MR) is 97.7 cm³/mol. The summed E-state index contributed by atoms with van der Waals surface area (Å²) in [6, 6.07) is 0. The van der Waals surface area contributed by atoms with Gasteiger partial charge in [-0.05, 0) is 33.1 Å².